The van der Waals surface area contributed by atoms with E-state index in [1.54, 1.807) is 12.1 Å². The summed E-state index contributed by atoms with van der Waals surface area (Å²) < 4.78 is 19.8. The Morgan fingerprint density at radius 3 is 3.06 bits per heavy atom. The van der Waals surface area contributed by atoms with Gasteiger partial charge < -0.3 is 10.1 Å². The Labute approximate surface area is 109 Å². The van der Waals surface area contributed by atoms with Crippen molar-refractivity contribution in [3.63, 3.8) is 0 Å². The molecule has 1 N–H and O–H groups in total. The summed E-state index contributed by atoms with van der Waals surface area (Å²) in [5.74, 6) is 0.226. The van der Waals surface area contributed by atoms with Crippen LogP contribution in [0.2, 0.25) is 0 Å². The third kappa shape index (κ3) is 3.09. The van der Waals surface area contributed by atoms with Gasteiger partial charge in [0, 0.05) is 24.6 Å². The van der Waals surface area contributed by atoms with Gasteiger partial charge in [0.15, 0.2) is 0 Å². The van der Waals surface area contributed by atoms with Crippen molar-refractivity contribution < 1.29 is 9.13 Å². The number of hydrogen-bond acceptors (Lipinski definition) is 2. The summed E-state index contributed by atoms with van der Waals surface area (Å²) >= 11 is 0. The van der Waals surface area contributed by atoms with E-state index in [0.29, 0.717) is 5.92 Å². The van der Waals surface area contributed by atoms with E-state index in [1.165, 1.54) is 0 Å². The molecule has 2 nitrogen and oxygen atoms in total. The average molecular weight is 251 g/mol. The van der Waals surface area contributed by atoms with Crippen molar-refractivity contribution >= 4 is 0 Å². The molecule has 0 radical (unpaired) electrons. The van der Waals surface area contributed by atoms with E-state index in [4.69, 9.17) is 4.74 Å². The topological polar surface area (TPSA) is 21.3 Å². The number of benzene rings is 1. The largest absolute Gasteiger partial charge is 0.373 e. The van der Waals surface area contributed by atoms with Crippen LogP contribution in [0.15, 0.2) is 18.2 Å². The minimum atomic E-state index is -0.144. The molecule has 1 aromatic carbocycles. The molecule has 1 aromatic rings. The molecular weight excluding hydrogens is 229 g/mol. The minimum absolute atomic E-state index is 0.0994. The smallest absolute Gasteiger partial charge is 0.129 e. The van der Waals surface area contributed by atoms with Crippen LogP contribution >= 0.6 is 0 Å². The summed E-state index contributed by atoms with van der Waals surface area (Å²) in [7, 11) is 0. The Morgan fingerprint density at radius 2 is 2.28 bits per heavy atom. The van der Waals surface area contributed by atoms with Crippen LogP contribution in [0, 0.1) is 18.7 Å². The quantitative estimate of drug-likeness (QED) is 0.887. The average Bonchev–Trinajstić information content (AvgIpc) is 2.39. The van der Waals surface area contributed by atoms with Crippen LogP contribution in [-0.4, -0.2) is 19.7 Å². The van der Waals surface area contributed by atoms with Crippen molar-refractivity contribution in [1.29, 1.82) is 0 Å². The van der Waals surface area contributed by atoms with Crippen molar-refractivity contribution in [3.8, 4) is 0 Å². The fraction of sp³-hybridized carbons (Fsp3) is 0.600. The van der Waals surface area contributed by atoms with E-state index in [1.807, 2.05) is 13.0 Å². The number of ether oxygens (including phenoxy) is 1. The van der Waals surface area contributed by atoms with Gasteiger partial charge in [0.25, 0.3) is 0 Å². The van der Waals surface area contributed by atoms with Crippen LogP contribution < -0.4 is 5.32 Å². The lowest BCUT2D eigenvalue weighted by Gasteiger charge is -2.32. The minimum Gasteiger partial charge on any atom is -0.373 e. The Kier molecular flexibility index (Phi) is 4.72. The predicted octanol–water partition coefficient (Wildman–Crippen LogP) is 3.21. The van der Waals surface area contributed by atoms with E-state index in [9.17, 15) is 4.39 Å². The first kappa shape index (κ1) is 13.5. The van der Waals surface area contributed by atoms with Gasteiger partial charge >= 0.3 is 0 Å². The third-order valence-electron chi connectivity index (χ3n) is 3.56. The van der Waals surface area contributed by atoms with Gasteiger partial charge in [-0.1, -0.05) is 24.6 Å². The predicted molar refractivity (Wildman–Crippen MR) is 71.1 cm³/mol. The van der Waals surface area contributed by atoms with Crippen LogP contribution in [0.1, 0.15) is 37.0 Å². The van der Waals surface area contributed by atoms with Crippen molar-refractivity contribution in [2.75, 3.05) is 19.7 Å². The molecule has 0 bridgehead atoms. The fourth-order valence-corrected chi connectivity index (χ4v) is 2.61. The lowest BCUT2D eigenvalue weighted by atomic mass is 9.88. The van der Waals surface area contributed by atoms with Crippen LogP contribution in [0.25, 0.3) is 0 Å². The van der Waals surface area contributed by atoms with Gasteiger partial charge in [0.2, 0.25) is 0 Å². The molecule has 3 heteroatoms. The van der Waals surface area contributed by atoms with E-state index >= 15 is 0 Å². The molecule has 2 rings (SSSR count). The molecule has 18 heavy (non-hydrogen) atoms. The zero-order chi connectivity index (χ0) is 13.0. The number of halogens is 1. The molecule has 1 heterocycles. The van der Waals surface area contributed by atoms with E-state index in [0.717, 1.165) is 43.7 Å². The SMILES string of the molecule is CCNCC1CCCOC1c1cc(C)ccc1F. The molecular formula is C15H22FNO. The summed E-state index contributed by atoms with van der Waals surface area (Å²) in [4.78, 5) is 0. The zero-order valence-corrected chi connectivity index (χ0v) is 11.2. The highest BCUT2D eigenvalue weighted by Crippen LogP contribution is 2.34. The molecule has 1 fully saturated rings. The highest BCUT2D eigenvalue weighted by molar-refractivity contribution is 5.26. The molecule has 0 aromatic heterocycles. The van der Waals surface area contributed by atoms with Crippen LogP contribution in [-0.2, 0) is 4.74 Å². The second-order valence-corrected chi connectivity index (χ2v) is 5.03. The van der Waals surface area contributed by atoms with Gasteiger partial charge in [-0.05, 0) is 32.4 Å². The maximum absolute atomic E-state index is 13.9. The van der Waals surface area contributed by atoms with E-state index < -0.39 is 0 Å². The molecule has 0 spiro atoms. The Bertz CT molecular complexity index is 394. The number of hydrogen-bond donors (Lipinski definition) is 1. The second-order valence-electron chi connectivity index (χ2n) is 5.03. The first-order valence-corrected chi connectivity index (χ1v) is 6.80. The number of rotatable bonds is 4. The first-order valence-electron chi connectivity index (χ1n) is 6.80. The molecule has 1 aliphatic rings. The Hall–Kier alpha value is -0.930. The molecule has 0 saturated carbocycles. The Morgan fingerprint density at radius 1 is 1.44 bits per heavy atom. The molecule has 2 unspecified atom stereocenters. The molecule has 2 atom stereocenters. The molecule has 1 saturated heterocycles. The van der Waals surface area contributed by atoms with Crippen LogP contribution in [0.3, 0.4) is 0 Å². The van der Waals surface area contributed by atoms with Crippen molar-refractivity contribution in [2.24, 2.45) is 5.92 Å². The Balaban J connectivity index is 2.19. The molecule has 100 valence electrons. The third-order valence-corrected chi connectivity index (χ3v) is 3.56. The summed E-state index contributed by atoms with van der Waals surface area (Å²) in [6, 6.07) is 5.28. The zero-order valence-electron chi connectivity index (χ0n) is 11.2. The van der Waals surface area contributed by atoms with E-state index in [2.05, 4.69) is 12.2 Å². The van der Waals surface area contributed by atoms with Gasteiger partial charge in [-0.15, -0.1) is 0 Å². The number of aryl methyl sites for hydroxylation is 1. The molecule has 0 aliphatic carbocycles. The van der Waals surface area contributed by atoms with Gasteiger partial charge in [0.05, 0.1) is 6.10 Å². The van der Waals surface area contributed by atoms with Crippen LogP contribution in [0.4, 0.5) is 4.39 Å². The first-order chi connectivity index (χ1) is 8.72. The fourth-order valence-electron chi connectivity index (χ4n) is 2.61. The molecule has 0 amide bonds. The van der Waals surface area contributed by atoms with Gasteiger partial charge in [-0.3, -0.25) is 0 Å². The maximum Gasteiger partial charge on any atom is 0.129 e. The highest BCUT2D eigenvalue weighted by atomic mass is 19.1. The lowest BCUT2D eigenvalue weighted by molar-refractivity contribution is -0.0295. The van der Waals surface area contributed by atoms with Crippen molar-refractivity contribution in [2.45, 2.75) is 32.8 Å². The van der Waals surface area contributed by atoms with Gasteiger partial charge in [-0.2, -0.15) is 0 Å². The maximum atomic E-state index is 13.9. The monoisotopic (exact) mass is 251 g/mol. The highest BCUT2D eigenvalue weighted by Gasteiger charge is 2.29. The van der Waals surface area contributed by atoms with Gasteiger partial charge in [0.1, 0.15) is 5.82 Å². The summed E-state index contributed by atoms with van der Waals surface area (Å²) in [6.07, 6.45) is 2.07. The summed E-state index contributed by atoms with van der Waals surface area (Å²) in [5, 5.41) is 3.35. The summed E-state index contributed by atoms with van der Waals surface area (Å²) in [6.45, 7) is 6.66. The standard InChI is InChI=1S/C15H22FNO/c1-3-17-10-12-5-4-8-18-15(12)13-9-11(2)6-7-14(13)16/h6-7,9,12,15,17H,3-5,8,10H2,1-2H3. The second kappa shape index (κ2) is 6.30. The lowest BCUT2D eigenvalue weighted by Crippen LogP contribution is -2.32. The van der Waals surface area contributed by atoms with Gasteiger partial charge in [-0.25, -0.2) is 4.39 Å². The van der Waals surface area contributed by atoms with Crippen molar-refractivity contribution in [1.82, 2.24) is 5.32 Å². The van der Waals surface area contributed by atoms with Crippen molar-refractivity contribution in [3.05, 3.63) is 35.1 Å². The van der Waals surface area contributed by atoms with Crippen LogP contribution in [0.5, 0.6) is 0 Å². The summed E-state index contributed by atoms with van der Waals surface area (Å²) in [5.41, 5.74) is 1.81. The normalized spacial score (nSPS) is 24.2. The van der Waals surface area contributed by atoms with E-state index in [-0.39, 0.29) is 11.9 Å². The molecule has 1 aliphatic heterocycles. The number of nitrogens with one attached hydrogen (secondary N) is 1.